The molecule has 2 heterocycles. The minimum absolute atomic E-state index is 0.301. The Kier molecular flexibility index (Phi) is 0.930. The van der Waals surface area contributed by atoms with Crippen molar-refractivity contribution in [1.29, 1.82) is 0 Å². The van der Waals surface area contributed by atoms with Gasteiger partial charge in [-0.25, -0.2) is 8.96 Å². The van der Waals surface area contributed by atoms with E-state index in [1.54, 1.807) is 0 Å². The number of fused-ring (bicyclic) bond motifs is 1. The lowest BCUT2D eigenvalue weighted by atomic mass is 10.6. The van der Waals surface area contributed by atoms with Crippen LogP contribution >= 0.6 is 0 Å². The van der Waals surface area contributed by atoms with Crippen molar-refractivity contribution in [3.05, 3.63) is 18.2 Å². The Morgan fingerprint density at radius 3 is 3.20 bits per heavy atom. The highest BCUT2D eigenvalue weighted by molar-refractivity contribution is 7.88. The fourth-order valence-corrected chi connectivity index (χ4v) is 1.94. The average molecular weight is 159 g/mol. The maximum Gasteiger partial charge on any atom is 0.306 e. The molecule has 0 saturated carbocycles. The second-order valence-electron chi connectivity index (χ2n) is 1.97. The Balaban J connectivity index is 2.76. The van der Waals surface area contributed by atoms with Gasteiger partial charge in [0.15, 0.2) is 0 Å². The van der Waals surface area contributed by atoms with Crippen LogP contribution in [0.25, 0.3) is 0 Å². The summed E-state index contributed by atoms with van der Waals surface area (Å²) >= 11 is 0. The van der Waals surface area contributed by atoms with Crippen molar-refractivity contribution in [3.8, 4) is 0 Å². The lowest BCUT2D eigenvalue weighted by molar-refractivity contribution is 0.583. The monoisotopic (exact) mass is 159 g/mol. The van der Waals surface area contributed by atoms with E-state index in [2.05, 4.69) is 9.71 Å². The molecular formula is C4H5N3O2S. The lowest BCUT2D eigenvalue weighted by Crippen LogP contribution is -2.19. The Morgan fingerprint density at radius 1 is 1.70 bits per heavy atom. The normalized spacial score (nSPS) is 20.8. The van der Waals surface area contributed by atoms with Crippen LogP contribution in [0.1, 0.15) is 5.82 Å². The topological polar surface area (TPSA) is 64.0 Å². The Labute approximate surface area is 57.9 Å². The smallest absolute Gasteiger partial charge is 0.239 e. The Morgan fingerprint density at radius 2 is 2.50 bits per heavy atom. The predicted octanol–water partition coefficient (Wildman–Crippen LogP) is -0.921. The zero-order chi connectivity index (χ0) is 7.19. The van der Waals surface area contributed by atoms with E-state index in [9.17, 15) is 8.42 Å². The number of nitrogens with one attached hydrogen (secondary N) is 1. The van der Waals surface area contributed by atoms with E-state index in [4.69, 9.17) is 0 Å². The Hall–Kier alpha value is -0.880. The van der Waals surface area contributed by atoms with Crippen molar-refractivity contribution < 1.29 is 8.42 Å². The number of nitrogens with zero attached hydrogens (tertiary/aromatic N) is 2. The van der Waals surface area contributed by atoms with Crippen LogP contribution in [-0.4, -0.2) is 17.4 Å². The van der Waals surface area contributed by atoms with E-state index in [0.29, 0.717) is 12.4 Å². The number of imidazole rings is 1. The summed E-state index contributed by atoms with van der Waals surface area (Å²) in [5, 5.41) is 0. The molecule has 0 aliphatic carbocycles. The maximum atomic E-state index is 10.9. The molecule has 0 radical (unpaired) electrons. The molecule has 6 heteroatoms. The maximum absolute atomic E-state index is 10.9. The second-order valence-corrected chi connectivity index (χ2v) is 3.60. The van der Waals surface area contributed by atoms with E-state index < -0.39 is 10.2 Å². The molecule has 0 saturated heterocycles. The van der Waals surface area contributed by atoms with Crippen LogP contribution in [-0.2, 0) is 16.8 Å². The van der Waals surface area contributed by atoms with Gasteiger partial charge in [0.1, 0.15) is 5.82 Å². The molecule has 1 aromatic rings. The molecule has 0 amide bonds. The summed E-state index contributed by atoms with van der Waals surface area (Å²) in [6.45, 7) is 0.301. The van der Waals surface area contributed by atoms with Gasteiger partial charge >= 0.3 is 10.2 Å². The molecule has 1 aromatic heterocycles. The number of aromatic nitrogens is 2. The quantitative estimate of drug-likeness (QED) is 0.532. The van der Waals surface area contributed by atoms with Crippen LogP contribution in [0, 0.1) is 0 Å². The van der Waals surface area contributed by atoms with Crippen LogP contribution in [0.4, 0.5) is 0 Å². The zero-order valence-electron chi connectivity index (χ0n) is 4.98. The first-order valence-electron chi connectivity index (χ1n) is 2.72. The van der Waals surface area contributed by atoms with E-state index in [1.165, 1.54) is 12.4 Å². The summed E-state index contributed by atoms with van der Waals surface area (Å²) in [6.07, 6.45) is 2.89. The first-order valence-corrected chi connectivity index (χ1v) is 4.16. The largest absolute Gasteiger partial charge is 0.306 e. The molecule has 54 valence electrons. The third-order valence-corrected chi connectivity index (χ3v) is 2.71. The molecule has 2 rings (SSSR count). The first kappa shape index (κ1) is 5.87. The van der Waals surface area contributed by atoms with Gasteiger partial charge in [0.25, 0.3) is 0 Å². The highest BCUT2D eigenvalue weighted by Crippen LogP contribution is 2.07. The van der Waals surface area contributed by atoms with Crippen LogP contribution in [0.5, 0.6) is 0 Å². The number of rotatable bonds is 0. The summed E-state index contributed by atoms with van der Waals surface area (Å²) in [7, 11) is -3.26. The van der Waals surface area contributed by atoms with Gasteiger partial charge in [-0.15, -0.1) is 0 Å². The average Bonchev–Trinajstić information content (AvgIpc) is 2.36. The minimum atomic E-state index is -3.26. The van der Waals surface area contributed by atoms with E-state index in [1.807, 2.05) is 0 Å². The van der Waals surface area contributed by atoms with Crippen LogP contribution in [0.2, 0.25) is 0 Å². The summed E-state index contributed by atoms with van der Waals surface area (Å²) in [4.78, 5) is 3.81. The van der Waals surface area contributed by atoms with Crippen molar-refractivity contribution >= 4 is 10.2 Å². The number of hydrogen-bond donors (Lipinski definition) is 1. The van der Waals surface area contributed by atoms with Gasteiger partial charge in [-0.1, -0.05) is 0 Å². The molecule has 5 nitrogen and oxygen atoms in total. The van der Waals surface area contributed by atoms with Crippen molar-refractivity contribution in [2.24, 2.45) is 0 Å². The highest BCUT2D eigenvalue weighted by atomic mass is 32.2. The molecule has 0 fully saturated rings. The molecule has 0 atom stereocenters. The molecule has 10 heavy (non-hydrogen) atoms. The summed E-state index contributed by atoms with van der Waals surface area (Å²) < 4.78 is 25.3. The van der Waals surface area contributed by atoms with Crippen LogP contribution < -0.4 is 4.72 Å². The molecule has 0 aromatic carbocycles. The van der Waals surface area contributed by atoms with Crippen molar-refractivity contribution in [2.45, 2.75) is 6.54 Å². The van der Waals surface area contributed by atoms with Crippen molar-refractivity contribution in [1.82, 2.24) is 13.7 Å². The molecule has 0 unspecified atom stereocenters. The van der Waals surface area contributed by atoms with Gasteiger partial charge in [0.2, 0.25) is 0 Å². The summed E-state index contributed by atoms with van der Waals surface area (Å²) in [6, 6.07) is 0. The van der Waals surface area contributed by atoms with E-state index in [0.717, 1.165) is 3.97 Å². The predicted molar refractivity (Wildman–Crippen MR) is 33.4 cm³/mol. The number of hydrogen-bond acceptors (Lipinski definition) is 3. The van der Waals surface area contributed by atoms with Gasteiger partial charge in [0.05, 0.1) is 6.54 Å². The first-order chi connectivity index (χ1) is 4.70. The fraction of sp³-hybridized carbons (Fsp3) is 0.250. The standard InChI is InChI=1S/C4H5N3O2S/c8-10(9)6-3-4-5-1-2-7(4)10/h1-2,6H,3H2. The highest BCUT2D eigenvalue weighted by Gasteiger charge is 2.23. The lowest BCUT2D eigenvalue weighted by Gasteiger charge is -1.92. The molecule has 1 aliphatic heterocycles. The Bertz CT molecular complexity index is 352. The van der Waals surface area contributed by atoms with Gasteiger partial charge in [-0.3, -0.25) is 0 Å². The van der Waals surface area contributed by atoms with Gasteiger partial charge in [0, 0.05) is 12.4 Å². The third kappa shape index (κ3) is 0.598. The zero-order valence-corrected chi connectivity index (χ0v) is 5.80. The van der Waals surface area contributed by atoms with Gasteiger partial charge < -0.3 is 0 Å². The van der Waals surface area contributed by atoms with Gasteiger partial charge in [-0.05, 0) is 0 Å². The summed E-state index contributed by atoms with van der Waals surface area (Å²) in [5.41, 5.74) is 0. The fourth-order valence-electron chi connectivity index (χ4n) is 0.891. The van der Waals surface area contributed by atoms with E-state index >= 15 is 0 Å². The minimum Gasteiger partial charge on any atom is -0.239 e. The van der Waals surface area contributed by atoms with Crippen molar-refractivity contribution in [2.75, 3.05) is 0 Å². The van der Waals surface area contributed by atoms with E-state index in [-0.39, 0.29) is 0 Å². The SMILES string of the molecule is O=S1(=O)NCc2nccn21. The molecule has 0 bridgehead atoms. The third-order valence-electron chi connectivity index (χ3n) is 1.35. The molecule has 1 aliphatic rings. The second kappa shape index (κ2) is 1.58. The van der Waals surface area contributed by atoms with Crippen LogP contribution in [0.15, 0.2) is 12.4 Å². The molecule has 0 spiro atoms. The molecule has 1 N–H and O–H groups in total. The summed E-state index contributed by atoms with van der Waals surface area (Å²) in [5.74, 6) is 0.542. The van der Waals surface area contributed by atoms with Gasteiger partial charge in [-0.2, -0.15) is 13.1 Å². The van der Waals surface area contributed by atoms with Crippen LogP contribution in [0.3, 0.4) is 0 Å². The molecular weight excluding hydrogens is 154 g/mol. The van der Waals surface area contributed by atoms with Crippen molar-refractivity contribution in [3.63, 3.8) is 0 Å².